The van der Waals surface area contributed by atoms with Crippen molar-refractivity contribution in [2.45, 2.75) is 24.7 Å². The minimum Gasteiger partial charge on any atom is -0.390 e. The summed E-state index contributed by atoms with van der Waals surface area (Å²) in [5.41, 5.74) is 16.5. The van der Waals surface area contributed by atoms with E-state index < -0.39 is 18.8 Å². The minimum atomic E-state index is -0.894. The summed E-state index contributed by atoms with van der Waals surface area (Å²) in [5.74, 6) is 0. The number of benzene rings is 1. The van der Waals surface area contributed by atoms with Crippen LogP contribution in [0.15, 0.2) is 34.5 Å². The fraction of sp³-hybridized carbons (Fsp3) is 0.500. The van der Waals surface area contributed by atoms with Crippen LogP contribution in [0, 0.1) is 0 Å². The van der Waals surface area contributed by atoms with E-state index in [4.69, 9.17) is 20.8 Å². The van der Waals surface area contributed by atoms with Crippen LogP contribution in [0.5, 0.6) is 0 Å². The molecule has 8 heteroatoms. The van der Waals surface area contributed by atoms with Crippen LogP contribution in [0.25, 0.3) is 10.4 Å². The smallest absolute Gasteiger partial charge is 0.145 e. The standard InChI is InChI=1S/C14H18FN5O2/c1-21-14(13(7-15)18-20-17)10-4-2-9(3-5-10)12-6-11(8-16)22-19-12/h2-5,11,13-14H,6-8,16H2,1H3/t11-,13+,14+/m0/s1. The molecule has 0 aliphatic carbocycles. The third kappa shape index (κ3) is 3.54. The van der Waals surface area contributed by atoms with Crippen molar-refractivity contribution in [3.63, 3.8) is 0 Å². The predicted octanol–water partition coefficient (Wildman–Crippen LogP) is 2.47. The third-order valence-electron chi connectivity index (χ3n) is 3.53. The largest absolute Gasteiger partial charge is 0.390 e. The maximum atomic E-state index is 13.0. The highest BCUT2D eigenvalue weighted by Crippen LogP contribution is 2.25. The molecule has 2 rings (SSSR count). The highest BCUT2D eigenvalue weighted by molar-refractivity contribution is 6.01. The topological polar surface area (TPSA) is 106 Å². The van der Waals surface area contributed by atoms with E-state index in [1.165, 1.54) is 7.11 Å². The molecule has 2 N–H and O–H groups in total. The van der Waals surface area contributed by atoms with Crippen LogP contribution in [-0.2, 0) is 9.57 Å². The summed E-state index contributed by atoms with van der Waals surface area (Å²) in [5, 5.41) is 7.45. The summed E-state index contributed by atoms with van der Waals surface area (Å²) in [6.45, 7) is -0.371. The van der Waals surface area contributed by atoms with Gasteiger partial charge in [0, 0.05) is 25.0 Å². The molecular weight excluding hydrogens is 289 g/mol. The second-order valence-electron chi connectivity index (χ2n) is 4.91. The number of azide groups is 1. The first-order chi connectivity index (χ1) is 10.7. The van der Waals surface area contributed by atoms with Gasteiger partial charge in [0.2, 0.25) is 0 Å². The fourth-order valence-electron chi connectivity index (χ4n) is 2.34. The molecule has 1 aliphatic heterocycles. The van der Waals surface area contributed by atoms with E-state index >= 15 is 0 Å². The molecule has 1 heterocycles. The lowest BCUT2D eigenvalue weighted by atomic mass is 9.99. The van der Waals surface area contributed by atoms with Gasteiger partial charge in [-0.15, -0.1) is 0 Å². The molecular formula is C14H18FN5O2. The van der Waals surface area contributed by atoms with Crippen molar-refractivity contribution in [1.29, 1.82) is 0 Å². The normalized spacial score (nSPS) is 19.8. The Morgan fingerprint density at radius 3 is 2.77 bits per heavy atom. The fourth-order valence-corrected chi connectivity index (χ4v) is 2.34. The van der Waals surface area contributed by atoms with Crippen LogP contribution in [0.1, 0.15) is 23.7 Å². The Bertz CT molecular complexity index is 571. The molecule has 0 unspecified atom stereocenters. The van der Waals surface area contributed by atoms with Crippen molar-refractivity contribution in [1.82, 2.24) is 0 Å². The molecule has 0 fully saturated rings. The number of ether oxygens (including phenoxy) is 1. The van der Waals surface area contributed by atoms with E-state index in [0.29, 0.717) is 13.0 Å². The molecule has 0 aromatic heterocycles. The Morgan fingerprint density at radius 2 is 2.27 bits per heavy atom. The van der Waals surface area contributed by atoms with Crippen LogP contribution < -0.4 is 5.73 Å². The molecule has 1 aromatic rings. The second kappa shape index (κ2) is 7.74. The number of alkyl halides is 1. The number of halogens is 1. The molecule has 0 spiro atoms. The Balaban J connectivity index is 2.15. The van der Waals surface area contributed by atoms with E-state index in [9.17, 15) is 4.39 Å². The highest BCUT2D eigenvalue weighted by atomic mass is 19.1. The Morgan fingerprint density at radius 1 is 1.55 bits per heavy atom. The van der Waals surface area contributed by atoms with Crippen LogP contribution >= 0.6 is 0 Å². The molecule has 3 atom stereocenters. The third-order valence-corrected chi connectivity index (χ3v) is 3.53. The average molecular weight is 307 g/mol. The minimum absolute atomic E-state index is 0.0812. The summed E-state index contributed by atoms with van der Waals surface area (Å²) in [6.07, 6.45) is -0.0501. The van der Waals surface area contributed by atoms with Gasteiger partial charge >= 0.3 is 0 Å². The molecule has 0 bridgehead atoms. The molecule has 7 nitrogen and oxygen atoms in total. The molecule has 1 aromatic carbocycles. The van der Waals surface area contributed by atoms with Crippen molar-refractivity contribution in [3.05, 3.63) is 45.8 Å². The first kappa shape index (κ1) is 16.2. The lowest BCUT2D eigenvalue weighted by Gasteiger charge is -2.20. The van der Waals surface area contributed by atoms with E-state index in [1.54, 1.807) is 12.1 Å². The van der Waals surface area contributed by atoms with Crippen LogP contribution in [0.3, 0.4) is 0 Å². The Hall–Kier alpha value is -2.15. The van der Waals surface area contributed by atoms with Crippen molar-refractivity contribution in [2.24, 2.45) is 16.0 Å². The van der Waals surface area contributed by atoms with Gasteiger partial charge in [-0.3, -0.25) is 4.39 Å². The van der Waals surface area contributed by atoms with E-state index in [-0.39, 0.29) is 6.10 Å². The van der Waals surface area contributed by atoms with Crippen molar-refractivity contribution < 1.29 is 14.0 Å². The molecule has 22 heavy (non-hydrogen) atoms. The average Bonchev–Trinajstić information content (AvgIpc) is 3.04. The van der Waals surface area contributed by atoms with Crippen molar-refractivity contribution in [3.8, 4) is 0 Å². The number of rotatable bonds is 7. The second-order valence-corrected chi connectivity index (χ2v) is 4.91. The summed E-state index contributed by atoms with van der Waals surface area (Å²) < 4.78 is 18.2. The monoisotopic (exact) mass is 307 g/mol. The molecule has 0 saturated carbocycles. The number of methoxy groups -OCH3 is 1. The van der Waals surface area contributed by atoms with Gasteiger partial charge in [0.15, 0.2) is 0 Å². The highest BCUT2D eigenvalue weighted by Gasteiger charge is 2.24. The van der Waals surface area contributed by atoms with Gasteiger partial charge in [0.1, 0.15) is 12.8 Å². The first-order valence-corrected chi connectivity index (χ1v) is 6.89. The maximum absolute atomic E-state index is 13.0. The van der Waals surface area contributed by atoms with Gasteiger partial charge in [-0.05, 0) is 16.7 Å². The summed E-state index contributed by atoms with van der Waals surface area (Å²) >= 11 is 0. The molecule has 0 saturated heterocycles. The zero-order valence-electron chi connectivity index (χ0n) is 12.2. The molecule has 0 amide bonds. The lowest BCUT2D eigenvalue weighted by Crippen LogP contribution is -2.21. The van der Waals surface area contributed by atoms with Gasteiger partial charge in [0.05, 0.1) is 17.9 Å². The summed E-state index contributed by atoms with van der Waals surface area (Å²) in [6, 6.07) is 6.42. The molecule has 1 aliphatic rings. The Kier molecular flexibility index (Phi) is 5.71. The quantitative estimate of drug-likeness (QED) is 0.475. The zero-order valence-corrected chi connectivity index (χ0v) is 12.2. The predicted molar refractivity (Wildman–Crippen MR) is 80.2 cm³/mol. The van der Waals surface area contributed by atoms with E-state index in [2.05, 4.69) is 15.2 Å². The Labute approximate surface area is 127 Å². The first-order valence-electron chi connectivity index (χ1n) is 6.89. The van der Waals surface area contributed by atoms with Gasteiger partial charge in [0.25, 0.3) is 0 Å². The van der Waals surface area contributed by atoms with Gasteiger partial charge in [-0.1, -0.05) is 34.5 Å². The number of nitrogens with zero attached hydrogens (tertiary/aromatic N) is 4. The number of hydrogen-bond donors (Lipinski definition) is 1. The van der Waals surface area contributed by atoms with E-state index in [1.807, 2.05) is 12.1 Å². The summed E-state index contributed by atoms with van der Waals surface area (Å²) in [7, 11) is 1.45. The number of oxime groups is 1. The number of hydrogen-bond acceptors (Lipinski definition) is 5. The van der Waals surface area contributed by atoms with Gasteiger partial charge in [-0.25, -0.2) is 0 Å². The van der Waals surface area contributed by atoms with Gasteiger partial charge in [-0.2, -0.15) is 0 Å². The SMILES string of the molecule is CO[C@H](c1ccc(C2=NO[C@H](CN)C2)cc1)[C@@H](CF)N=[N+]=[N-]. The molecule has 118 valence electrons. The van der Waals surface area contributed by atoms with Crippen molar-refractivity contribution in [2.75, 3.05) is 20.3 Å². The van der Waals surface area contributed by atoms with Crippen molar-refractivity contribution >= 4 is 5.71 Å². The zero-order chi connectivity index (χ0) is 15.9. The van der Waals surface area contributed by atoms with Crippen LogP contribution in [0.2, 0.25) is 0 Å². The van der Waals surface area contributed by atoms with Crippen LogP contribution in [0.4, 0.5) is 4.39 Å². The van der Waals surface area contributed by atoms with E-state index in [0.717, 1.165) is 16.8 Å². The maximum Gasteiger partial charge on any atom is 0.145 e. The lowest BCUT2D eigenvalue weighted by molar-refractivity contribution is 0.0722. The summed E-state index contributed by atoms with van der Waals surface area (Å²) in [4.78, 5) is 7.85. The molecule has 0 radical (unpaired) electrons. The number of nitrogens with two attached hydrogens (primary N) is 1. The van der Waals surface area contributed by atoms with Crippen LogP contribution in [-0.4, -0.2) is 38.2 Å². The van der Waals surface area contributed by atoms with Gasteiger partial charge < -0.3 is 15.3 Å².